The van der Waals surface area contributed by atoms with E-state index < -0.39 is 0 Å². The summed E-state index contributed by atoms with van der Waals surface area (Å²) in [6.45, 7) is 2.16. The molecule has 1 aromatic heterocycles. The van der Waals surface area contributed by atoms with E-state index in [4.69, 9.17) is 0 Å². The number of fused-ring (bicyclic) bond motifs is 1. The topological polar surface area (TPSA) is 20.2 Å². The number of rotatable bonds is 0. The van der Waals surface area contributed by atoms with Crippen LogP contribution in [0.25, 0.3) is 0 Å². The summed E-state index contributed by atoms with van der Waals surface area (Å²) in [6.07, 6.45) is 0.682. The summed E-state index contributed by atoms with van der Waals surface area (Å²) in [5, 5.41) is 12.2. The number of hydrogen-bond acceptors (Lipinski definition) is 3. The first-order chi connectivity index (χ1) is 5.27. The summed E-state index contributed by atoms with van der Waals surface area (Å²) in [7, 11) is 0. The molecule has 0 aromatic carbocycles. The van der Waals surface area contributed by atoms with Crippen molar-refractivity contribution < 1.29 is 5.11 Å². The molecule has 1 aromatic rings. The van der Waals surface area contributed by atoms with Crippen LogP contribution in [-0.4, -0.2) is 10.4 Å². The zero-order valence-electron chi connectivity index (χ0n) is 6.28. The third-order valence-corrected chi connectivity index (χ3v) is 4.22. The maximum Gasteiger partial charge on any atom is 0.0819 e. The van der Waals surface area contributed by atoms with Gasteiger partial charge in [0, 0.05) is 10.8 Å². The van der Waals surface area contributed by atoms with Gasteiger partial charge in [0.2, 0.25) is 0 Å². The summed E-state index contributed by atoms with van der Waals surface area (Å²) in [4.78, 5) is 0. The van der Waals surface area contributed by atoms with E-state index in [9.17, 15) is 5.11 Å². The molecule has 0 unspecified atom stereocenters. The van der Waals surface area contributed by atoms with Crippen molar-refractivity contribution in [3.63, 3.8) is 0 Å². The van der Waals surface area contributed by atoms with Gasteiger partial charge in [-0.3, -0.25) is 0 Å². The van der Waals surface area contributed by atoms with Gasteiger partial charge in [0.15, 0.2) is 0 Å². The summed E-state index contributed by atoms with van der Waals surface area (Å²) < 4.78 is 1.30. The maximum absolute atomic E-state index is 9.61. The Morgan fingerprint density at radius 1 is 1.64 bits per heavy atom. The highest BCUT2D eigenvalue weighted by Gasteiger charge is 2.23. The van der Waals surface area contributed by atoms with Crippen LogP contribution in [0, 0.1) is 0 Å². The zero-order chi connectivity index (χ0) is 7.84. The Balaban J connectivity index is 2.36. The van der Waals surface area contributed by atoms with E-state index in [0.717, 1.165) is 12.0 Å². The Morgan fingerprint density at radius 2 is 2.45 bits per heavy atom. The molecule has 0 saturated carbocycles. The van der Waals surface area contributed by atoms with Gasteiger partial charge in [0.05, 0.1) is 10.3 Å². The Morgan fingerprint density at radius 3 is 3.27 bits per heavy atom. The van der Waals surface area contributed by atoms with Crippen LogP contribution < -0.4 is 0 Å². The predicted molar refractivity (Wildman–Crippen MR) is 49.2 cm³/mol. The van der Waals surface area contributed by atoms with E-state index in [2.05, 4.69) is 12.3 Å². The van der Waals surface area contributed by atoms with Crippen molar-refractivity contribution in [1.29, 1.82) is 0 Å². The molecule has 0 fully saturated rings. The average Bonchev–Trinajstić information content (AvgIpc) is 2.34. The molecule has 2 heterocycles. The average molecular weight is 186 g/mol. The minimum absolute atomic E-state index is 0.215. The molecule has 3 heteroatoms. The summed E-state index contributed by atoms with van der Waals surface area (Å²) in [5.41, 5.74) is 1.14. The van der Waals surface area contributed by atoms with E-state index in [0.29, 0.717) is 5.25 Å². The maximum atomic E-state index is 9.61. The van der Waals surface area contributed by atoms with Gasteiger partial charge >= 0.3 is 0 Å². The molecule has 0 amide bonds. The first-order valence-electron chi connectivity index (χ1n) is 3.69. The molecule has 1 nitrogen and oxygen atoms in total. The second-order valence-corrected chi connectivity index (χ2v) is 5.47. The fourth-order valence-electron chi connectivity index (χ4n) is 1.32. The monoisotopic (exact) mass is 186 g/mol. The second kappa shape index (κ2) is 2.81. The summed E-state index contributed by atoms with van der Waals surface area (Å²) in [5.74, 6) is 0. The van der Waals surface area contributed by atoms with Crippen molar-refractivity contribution in [2.45, 2.75) is 28.9 Å². The number of thioether (sulfide) groups is 1. The molecule has 0 saturated heterocycles. The highest BCUT2D eigenvalue weighted by Crippen LogP contribution is 2.43. The first kappa shape index (κ1) is 7.65. The van der Waals surface area contributed by atoms with Crippen molar-refractivity contribution in [3.05, 3.63) is 17.0 Å². The van der Waals surface area contributed by atoms with Gasteiger partial charge in [-0.25, -0.2) is 0 Å². The highest BCUT2D eigenvalue weighted by atomic mass is 32.2. The Hall–Kier alpha value is 0.01000. The van der Waals surface area contributed by atoms with E-state index in [1.807, 2.05) is 17.8 Å². The molecule has 2 rings (SSSR count). The van der Waals surface area contributed by atoms with Crippen molar-refractivity contribution in [1.82, 2.24) is 0 Å². The minimum Gasteiger partial charge on any atom is -0.388 e. The van der Waals surface area contributed by atoms with Gasteiger partial charge < -0.3 is 5.11 Å². The van der Waals surface area contributed by atoms with Crippen LogP contribution in [0.3, 0.4) is 0 Å². The molecular formula is C8H10OS2. The van der Waals surface area contributed by atoms with Crippen LogP contribution in [0.4, 0.5) is 0 Å². The van der Waals surface area contributed by atoms with Crippen LogP contribution in [0.1, 0.15) is 25.0 Å². The molecule has 0 bridgehead atoms. The molecule has 1 N–H and O–H groups in total. The Kier molecular flexibility index (Phi) is 1.95. The molecule has 60 valence electrons. The van der Waals surface area contributed by atoms with Gasteiger partial charge in [-0.15, -0.1) is 23.1 Å². The van der Waals surface area contributed by atoms with Crippen molar-refractivity contribution in [3.8, 4) is 0 Å². The molecule has 2 atom stereocenters. The fourth-order valence-corrected chi connectivity index (χ4v) is 3.86. The van der Waals surface area contributed by atoms with Crippen LogP contribution >= 0.6 is 23.1 Å². The molecule has 1 aliphatic heterocycles. The summed E-state index contributed by atoms with van der Waals surface area (Å²) in [6, 6.07) is 2.03. The number of hydrogen-bond donors (Lipinski definition) is 1. The van der Waals surface area contributed by atoms with Crippen LogP contribution in [0.5, 0.6) is 0 Å². The lowest BCUT2D eigenvalue weighted by molar-refractivity contribution is 0.164. The van der Waals surface area contributed by atoms with Gasteiger partial charge in [0.1, 0.15) is 0 Å². The van der Waals surface area contributed by atoms with Gasteiger partial charge in [0.25, 0.3) is 0 Å². The first-order valence-corrected chi connectivity index (χ1v) is 5.45. The quantitative estimate of drug-likeness (QED) is 0.672. The van der Waals surface area contributed by atoms with Gasteiger partial charge in [-0.05, 0) is 17.9 Å². The predicted octanol–water partition coefficient (Wildman–Crippen LogP) is 2.67. The van der Waals surface area contributed by atoms with E-state index in [-0.39, 0.29) is 6.10 Å². The van der Waals surface area contributed by atoms with Crippen molar-refractivity contribution in [2.75, 3.05) is 0 Å². The standard InChI is InChI=1S/C8H10OS2/c1-5-4-7(9)6-2-3-10-8(6)11-5/h2-3,5,7,9H,4H2,1H3/t5-,7-/m1/s1. The largest absolute Gasteiger partial charge is 0.388 e. The third kappa shape index (κ3) is 1.33. The fraction of sp³-hybridized carbons (Fsp3) is 0.500. The highest BCUT2D eigenvalue weighted by molar-refractivity contribution is 8.01. The van der Waals surface area contributed by atoms with Gasteiger partial charge in [-0.1, -0.05) is 6.92 Å². The van der Waals surface area contributed by atoms with Crippen molar-refractivity contribution in [2.24, 2.45) is 0 Å². The molecule has 0 radical (unpaired) electrons. The Labute approximate surface area is 74.4 Å². The lowest BCUT2D eigenvalue weighted by atomic mass is 10.1. The molecule has 11 heavy (non-hydrogen) atoms. The SMILES string of the molecule is C[C@@H]1C[C@@H](O)c2ccsc2S1. The van der Waals surface area contributed by atoms with Crippen LogP contribution in [0.15, 0.2) is 15.7 Å². The second-order valence-electron chi connectivity index (χ2n) is 2.84. The third-order valence-electron chi connectivity index (χ3n) is 1.88. The van der Waals surface area contributed by atoms with E-state index in [1.165, 1.54) is 4.21 Å². The zero-order valence-corrected chi connectivity index (χ0v) is 7.91. The molecule has 1 aliphatic rings. The smallest absolute Gasteiger partial charge is 0.0819 e. The van der Waals surface area contributed by atoms with Crippen LogP contribution in [0.2, 0.25) is 0 Å². The lowest BCUT2D eigenvalue weighted by Gasteiger charge is -2.22. The normalized spacial score (nSPS) is 30.0. The molecular weight excluding hydrogens is 176 g/mol. The van der Waals surface area contributed by atoms with Crippen molar-refractivity contribution >= 4 is 23.1 Å². The van der Waals surface area contributed by atoms with E-state index >= 15 is 0 Å². The molecule has 0 aliphatic carbocycles. The number of aliphatic hydroxyl groups is 1. The molecule has 0 spiro atoms. The van der Waals surface area contributed by atoms with Crippen LogP contribution in [-0.2, 0) is 0 Å². The van der Waals surface area contributed by atoms with E-state index in [1.54, 1.807) is 11.3 Å². The van der Waals surface area contributed by atoms with Gasteiger partial charge in [-0.2, -0.15) is 0 Å². The summed E-state index contributed by atoms with van der Waals surface area (Å²) >= 11 is 3.62. The number of aliphatic hydroxyl groups excluding tert-OH is 1. The number of thiophene rings is 1. The lowest BCUT2D eigenvalue weighted by Crippen LogP contribution is -2.10. The minimum atomic E-state index is -0.215. The Bertz CT molecular complexity index is 256.